The van der Waals surface area contributed by atoms with Crippen molar-refractivity contribution in [3.63, 3.8) is 0 Å². The Kier molecular flexibility index (Phi) is 3.41. The third-order valence-electron chi connectivity index (χ3n) is 2.15. The van der Waals surface area contributed by atoms with Gasteiger partial charge in [0, 0.05) is 17.2 Å². The zero-order chi connectivity index (χ0) is 12.3. The van der Waals surface area contributed by atoms with E-state index in [2.05, 4.69) is 0 Å². The van der Waals surface area contributed by atoms with Crippen molar-refractivity contribution in [1.82, 2.24) is 0 Å². The van der Waals surface area contributed by atoms with Gasteiger partial charge in [-0.3, -0.25) is 0 Å². The molecule has 1 aromatic rings. The first-order valence-electron chi connectivity index (χ1n) is 4.96. The van der Waals surface area contributed by atoms with Crippen LogP contribution in [0.2, 0.25) is 0 Å². The molecule has 0 aliphatic heterocycles. The van der Waals surface area contributed by atoms with Crippen molar-refractivity contribution in [1.29, 1.82) is 5.26 Å². The molecule has 0 saturated carbocycles. The zero-order valence-corrected chi connectivity index (χ0v) is 9.74. The Morgan fingerprint density at radius 3 is 2.56 bits per heavy atom. The molecule has 4 nitrogen and oxygen atoms in total. The van der Waals surface area contributed by atoms with E-state index >= 15 is 0 Å². The summed E-state index contributed by atoms with van der Waals surface area (Å²) in [5, 5.41) is 18.7. The maximum atomic E-state index is 9.88. The van der Waals surface area contributed by atoms with Gasteiger partial charge < -0.3 is 15.6 Å². The lowest BCUT2D eigenvalue weighted by Gasteiger charge is -2.20. The van der Waals surface area contributed by atoms with Crippen molar-refractivity contribution in [3.8, 4) is 17.6 Å². The van der Waals surface area contributed by atoms with Gasteiger partial charge in [-0.05, 0) is 26.3 Å². The number of ether oxygens (including phenoxy) is 1. The molecule has 16 heavy (non-hydrogen) atoms. The summed E-state index contributed by atoms with van der Waals surface area (Å²) < 4.78 is 5.00. The van der Waals surface area contributed by atoms with Crippen LogP contribution in [-0.2, 0) is 6.42 Å². The standard InChI is InChI=1S/C12H16N2O2/c1-12(2,14)6-9-4-8(7-13)5-10(16-3)11(9)15/h4-5,15H,6,14H2,1-3H3. The van der Waals surface area contributed by atoms with E-state index in [9.17, 15) is 5.11 Å². The summed E-state index contributed by atoms with van der Waals surface area (Å²) in [7, 11) is 1.45. The fourth-order valence-electron chi connectivity index (χ4n) is 1.51. The molecular weight excluding hydrogens is 204 g/mol. The molecule has 0 heterocycles. The molecule has 0 bridgehead atoms. The summed E-state index contributed by atoms with van der Waals surface area (Å²) >= 11 is 0. The molecule has 4 heteroatoms. The number of benzene rings is 1. The number of nitrogens with two attached hydrogens (primary N) is 1. The van der Waals surface area contributed by atoms with Crippen molar-refractivity contribution in [3.05, 3.63) is 23.3 Å². The summed E-state index contributed by atoms with van der Waals surface area (Å²) in [6.07, 6.45) is 0.477. The van der Waals surface area contributed by atoms with Gasteiger partial charge in [0.25, 0.3) is 0 Å². The minimum Gasteiger partial charge on any atom is -0.504 e. The van der Waals surface area contributed by atoms with E-state index in [0.29, 0.717) is 23.3 Å². The molecule has 1 aromatic carbocycles. The van der Waals surface area contributed by atoms with Gasteiger partial charge in [0.05, 0.1) is 18.7 Å². The van der Waals surface area contributed by atoms with Crippen LogP contribution in [0, 0.1) is 11.3 Å². The first-order chi connectivity index (χ1) is 7.37. The van der Waals surface area contributed by atoms with E-state index in [0.717, 1.165) is 0 Å². The highest BCUT2D eigenvalue weighted by molar-refractivity contribution is 5.52. The first-order valence-corrected chi connectivity index (χ1v) is 4.96. The van der Waals surface area contributed by atoms with Gasteiger partial charge in [-0.15, -0.1) is 0 Å². The third kappa shape index (κ3) is 2.88. The molecule has 0 aromatic heterocycles. The monoisotopic (exact) mass is 220 g/mol. The smallest absolute Gasteiger partial charge is 0.162 e. The van der Waals surface area contributed by atoms with Crippen molar-refractivity contribution < 1.29 is 9.84 Å². The van der Waals surface area contributed by atoms with Crippen molar-refractivity contribution in [2.75, 3.05) is 7.11 Å². The van der Waals surface area contributed by atoms with E-state index in [1.54, 1.807) is 6.07 Å². The molecule has 0 atom stereocenters. The van der Waals surface area contributed by atoms with Gasteiger partial charge in [-0.2, -0.15) is 5.26 Å². The number of phenolic OH excluding ortho intramolecular Hbond substituents is 1. The lowest BCUT2D eigenvalue weighted by atomic mass is 9.94. The van der Waals surface area contributed by atoms with Crippen molar-refractivity contribution in [2.45, 2.75) is 25.8 Å². The van der Waals surface area contributed by atoms with Gasteiger partial charge in [0.1, 0.15) is 0 Å². The van der Waals surface area contributed by atoms with E-state index < -0.39 is 5.54 Å². The van der Waals surface area contributed by atoms with Crippen LogP contribution < -0.4 is 10.5 Å². The Hall–Kier alpha value is -1.73. The number of phenols is 1. The molecule has 0 amide bonds. The zero-order valence-electron chi connectivity index (χ0n) is 9.74. The summed E-state index contributed by atoms with van der Waals surface area (Å²) in [5.41, 5.74) is 6.52. The SMILES string of the molecule is COc1cc(C#N)cc(CC(C)(C)N)c1O. The summed E-state index contributed by atoms with van der Waals surface area (Å²) in [6.45, 7) is 3.72. The summed E-state index contributed by atoms with van der Waals surface area (Å²) in [6, 6.07) is 5.16. The number of rotatable bonds is 3. The summed E-state index contributed by atoms with van der Waals surface area (Å²) in [4.78, 5) is 0. The number of aromatic hydroxyl groups is 1. The van der Waals surface area contributed by atoms with Crippen LogP contribution >= 0.6 is 0 Å². The van der Waals surface area contributed by atoms with Gasteiger partial charge in [-0.1, -0.05) is 0 Å². The average Bonchev–Trinajstić information content (AvgIpc) is 2.19. The van der Waals surface area contributed by atoms with E-state index in [1.165, 1.54) is 13.2 Å². The maximum Gasteiger partial charge on any atom is 0.162 e. The van der Waals surface area contributed by atoms with Crippen molar-refractivity contribution >= 4 is 0 Å². The molecule has 0 aliphatic carbocycles. The quantitative estimate of drug-likeness (QED) is 0.810. The topological polar surface area (TPSA) is 79.3 Å². The van der Waals surface area contributed by atoms with E-state index in [-0.39, 0.29) is 5.75 Å². The van der Waals surface area contributed by atoms with Crippen LogP contribution in [0.3, 0.4) is 0 Å². The van der Waals surface area contributed by atoms with Crippen LogP contribution in [0.1, 0.15) is 25.0 Å². The van der Waals surface area contributed by atoms with Crippen LogP contribution in [0.5, 0.6) is 11.5 Å². The maximum absolute atomic E-state index is 9.88. The fourth-order valence-corrected chi connectivity index (χ4v) is 1.51. The second kappa shape index (κ2) is 4.42. The first kappa shape index (κ1) is 12.3. The largest absolute Gasteiger partial charge is 0.504 e. The highest BCUT2D eigenvalue weighted by atomic mass is 16.5. The van der Waals surface area contributed by atoms with Crippen LogP contribution in [0.25, 0.3) is 0 Å². The predicted octanol–water partition coefficient (Wildman–Crippen LogP) is 1.55. The number of hydrogen-bond donors (Lipinski definition) is 2. The van der Waals surface area contributed by atoms with Crippen LogP contribution in [0.15, 0.2) is 12.1 Å². The minimum absolute atomic E-state index is 0.0556. The predicted molar refractivity (Wildman–Crippen MR) is 61.3 cm³/mol. The number of nitriles is 1. The number of nitrogens with zero attached hydrogens (tertiary/aromatic N) is 1. The third-order valence-corrected chi connectivity index (χ3v) is 2.15. The van der Waals surface area contributed by atoms with Gasteiger partial charge in [0.15, 0.2) is 11.5 Å². The second-order valence-electron chi connectivity index (χ2n) is 4.46. The molecule has 0 aliphatic rings. The molecule has 0 saturated heterocycles. The molecular formula is C12H16N2O2. The Bertz CT molecular complexity index is 428. The molecule has 0 spiro atoms. The minimum atomic E-state index is -0.448. The Labute approximate surface area is 95.3 Å². The summed E-state index contributed by atoms with van der Waals surface area (Å²) in [5.74, 6) is 0.360. The Morgan fingerprint density at radius 1 is 1.50 bits per heavy atom. The second-order valence-corrected chi connectivity index (χ2v) is 4.46. The number of hydrogen-bond acceptors (Lipinski definition) is 4. The van der Waals surface area contributed by atoms with Gasteiger partial charge >= 0.3 is 0 Å². The highest BCUT2D eigenvalue weighted by Gasteiger charge is 2.17. The Balaban J connectivity index is 3.23. The molecule has 0 unspecified atom stereocenters. The van der Waals surface area contributed by atoms with E-state index in [4.69, 9.17) is 15.7 Å². The van der Waals surface area contributed by atoms with Crippen LogP contribution in [-0.4, -0.2) is 17.8 Å². The molecule has 86 valence electrons. The molecule has 1 rings (SSSR count). The fraction of sp³-hybridized carbons (Fsp3) is 0.417. The van der Waals surface area contributed by atoms with E-state index in [1.807, 2.05) is 19.9 Å². The highest BCUT2D eigenvalue weighted by Crippen LogP contribution is 2.32. The lowest BCUT2D eigenvalue weighted by molar-refractivity contribution is 0.367. The van der Waals surface area contributed by atoms with Gasteiger partial charge in [-0.25, -0.2) is 0 Å². The average molecular weight is 220 g/mol. The van der Waals surface area contributed by atoms with Crippen LogP contribution in [0.4, 0.5) is 0 Å². The molecule has 0 radical (unpaired) electrons. The normalized spacial score (nSPS) is 10.9. The molecule has 0 fully saturated rings. The van der Waals surface area contributed by atoms with Gasteiger partial charge in [0.2, 0.25) is 0 Å². The lowest BCUT2D eigenvalue weighted by Crippen LogP contribution is -2.34. The molecule has 3 N–H and O–H groups in total. The Morgan fingerprint density at radius 2 is 2.12 bits per heavy atom. The number of methoxy groups -OCH3 is 1. The van der Waals surface area contributed by atoms with Crippen molar-refractivity contribution in [2.24, 2.45) is 5.73 Å².